The third-order valence-electron chi connectivity index (χ3n) is 1.37. The van der Waals surface area contributed by atoms with E-state index in [0.717, 1.165) is 6.20 Å². The maximum absolute atomic E-state index is 10.6. The summed E-state index contributed by atoms with van der Waals surface area (Å²) in [5.41, 5.74) is 0.233. The molecule has 0 spiro atoms. The van der Waals surface area contributed by atoms with E-state index in [0.29, 0.717) is 5.56 Å². The fourth-order valence-corrected chi connectivity index (χ4v) is 0.829. The molecule has 64 valence electrons. The van der Waals surface area contributed by atoms with Crippen LogP contribution in [0.5, 0.6) is 5.75 Å². The number of ether oxygens (including phenoxy) is 1. The van der Waals surface area contributed by atoms with E-state index in [2.05, 4.69) is 9.72 Å². The molecule has 0 bridgehead atoms. The van der Waals surface area contributed by atoms with Crippen molar-refractivity contribution in [1.82, 2.24) is 4.98 Å². The predicted octanol–water partition coefficient (Wildman–Crippen LogP) is 1.10. The Balaban J connectivity index is 2.97. The third kappa shape index (κ3) is 1.53. The van der Waals surface area contributed by atoms with Crippen molar-refractivity contribution in [1.29, 1.82) is 0 Å². The topological polar surface area (TPSA) is 59.4 Å². The Morgan fingerprint density at radius 2 is 2.58 bits per heavy atom. The van der Waals surface area contributed by atoms with Gasteiger partial charge in [-0.1, -0.05) is 0 Å². The summed E-state index contributed by atoms with van der Waals surface area (Å²) in [6, 6.07) is 1.32. The quantitative estimate of drug-likeness (QED) is 0.721. The molecule has 4 nitrogen and oxygen atoms in total. The molecule has 0 aromatic carbocycles. The van der Waals surface area contributed by atoms with Crippen LogP contribution in [0.25, 0.3) is 0 Å². The number of nitrogens with zero attached hydrogens (tertiary/aromatic N) is 1. The lowest BCUT2D eigenvalue weighted by atomic mass is 10.2. The molecule has 12 heavy (non-hydrogen) atoms. The number of carboxylic acids is 1. The number of aromatic nitrogens is 1. The smallest absolute Gasteiger partial charge is 0.354 e. The molecule has 0 aliphatic heterocycles. The molecule has 0 aliphatic rings. The molecule has 0 aliphatic carbocycles. The average Bonchev–Trinajstić information content (AvgIpc) is 1.99. The van der Waals surface area contributed by atoms with Gasteiger partial charge in [0.1, 0.15) is 5.75 Å². The summed E-state index contributed by atoms with van der Waals surface area (Å²) in [5.74, 6) is -1.13. The van der Waals surface area contributed by atoms with Gasteiger partial charge in [-0.2, -0.15) is 0 Å². The zero-order chi connectivity index (χ0) is 11.6. The van der Waals surface area contributed by atoms with Crippen LogP contribution in [0.15, 0.2) is 12.3 Å². The van der Waals surface area contributed by atoms with Crippen molar-refractivity contribution in [3.63, 3.8) is 0 Å². The number of hydrogen-bond acceptors (Lipinski definition) is 3. The van der Waals surface area contributed by atoms with E-state index in [9.17, 15) is 4.79 Å². The molecule has 1 aromatic rings. The van der Waals surface area contributed by atoms with E-state index in [4.69, 9.17) is 9.22 Å². The number of hydrogen-bond donors (Lipinski definition) is 1. The normalized spacial score (nSPS) is 14.2. The number of pyridine rings is 1. The van der Waals surface area contributed by atoms with Crippen molar-refractivity contribution in [2.24, 2.45) is 0 Å². The highest BCUT2D eigenvalue weighted by atomic mass is 16.5. The number of rotatable bonds is 2. The Kier molecular flexibility index (Phi) is 1.37. The Labute approximate surface area is 74.0 Å². The Bertz CT molecular complexity index is 389. The van der Waals surface area contributed by atoms with Gasteiger partial charge in [0, 0.05) is 0 Å². The van der Waals surface area contributed by atoms with Gasteiger partial charge in [-0.15, -0.1) is 0 Å². The van der Waals surface area contributed by atoms with Crippen LogP contribution < -0.4 is 4.74 Å². The minimum atomic E-state index is -2.56. The summed E-state index contributed by atoms with van der Waals surface area (Å²) in [6.45, 7) is 1.52. The first-order chi connectivity index (χ1) is 6.79. The summed E-state index contributed by atoms with van der Waals surface area (Å²) >= 11 is 0. The van der Waals surface area contributed by atoms with Crippen LogP contribution in [0.1, 0.15) is 20.2 Å². The van der Waals surface area contributed by atoms with Crippen LogP contribution in [-0.4, -0.2) is 23.1 Å². The van der Waals surface area contributed by atoms with Crippen molar-refractivity contribution in [3.8, 4) is 5.75 Å². The van der Waals surface area contributed by atoms with E-state index in [1.54, 1.807) is 0 Å². The molecular weight excluding hydrogens is 158 g/mol. The van der Waals surface area contributed by atoms with Gasteiger partial charge in [0.25, 0.3) is 0 Å². The lowest BCUT2D eigenvalue weighted by molar-refractivity contribution is 0.0689. The first-order valence-corrected chi connectivity index (χ1v) is 3.18. The van der Waals surface area contributed by atoms with Crippen molar-refractivity contribution in [2.75, 3.05) is 7.04 Å². The highest BCUT2D eigenvalue weighted by Crippen LogP contribution is 2.13. The summed E-state index contributed by atoms with van der Waals surface area (Å²) in [5, 5.41) is 8.67. The molecule has 0 atom stereocenters. The maximum Gasteiger partial charge on any atom is 0.354 e. The van der Waals surface area contributed by atoms with E-state index in [-0.39, 0.29) is 11.4 Å². The second kappa shape index (κ2) is 3.21. The lowest BCUT2D eigenvalue weighted by Gasteiger charge is -2.02. The van der Waals surface area contributed by atoms with E-state index in [1.165, 1.54) is 13.0 Å². The zero-order valence-electron chi connectivity index (χ0n) is 9.37. The van der Waals surface area contributed by atoms with E-state index < -0.39 is 13.0 Å². The van der Waals surface area contributed by atoms with Crippen molar-refractivity contribution in [3.05, 3.63) is 23.5 Å². The highest BCUT2D eigenvalue weighted by Gasteiger charge is 2.08. The Morgan fingerprint density at radius 3 is 3.08 bits per heavy atom. The first kappa shape index (κ1) is 5.13. The molecular formula is C8H9NO3. The molecule has 0 radical (unpaired) electrons. The van der Waals surface area contributed by atoms with Crippen molar-refractivity contribution < 1.29 is 18.8 Å². The van der Waals surface area contributed by atoms with Gasteiger partial charge in [0.05, 0.1) is 17.3 Å². The summed E-state index contributed by atoms with van der Waals surface area (Å²) in [7, 11) is -2.56. The summed E-state index contributed by atoms with van der Waals surface area (Å²) in [6.07, 6.45) is 1.07. The highest BCUT2D eigenvalue weighted by molar-refractivity contribution is 5.87. The van der Waals surface area contributed by atoms with Crippen LogP contribution in [-0.2, 0) is 0 Å². The standard InChI is InChI=1S/C8H9NO3/c1-5-3-6(12-2)4-9-7(5)8(10)11/h3-4H,1-2H3,(H,10,11)/i2D3. The number of aromatic carboxylic acids is 1. The molecule has 1 heterocycles. The summed E-state index contributed by atoms with van der Waals surface area (Å²) < 4.78 is 25.1. The number of carboxylic acid groups (broad SMARTS) is 1. The zero-order valence-corrected chi connectivity index (χ0v) is 6.37. The molecule has 1 aromatic heterocycles. The SMILES string of the molecule is [2H]C([2H])([2H])Oc1cnc(C(=O)O)c(C)c1. The van der Waals surface area contributed by atoms with Crippen LogP contribution in [0.2, 0.25) is 0 Å². The molecule has 0 saturated carbocycles. The van der Waals surface area contributed by atoms with Crippen molar-refractivity contribution in [2.45, 2.75) is 6.92 Å². The minimum absolute atomic E-state index is 0.0255. The molecule has 1 N–H and O–H groups in total. The number of methoxy groups -OCH3 is 1. The van der Waals surface area contributed by atoms with Crippen LogP contribution in [0.3, 0.4) is 0 Å². The second-order valence-corrected chi connectivity index (χ2v) is 2.24. The van der Waals surface area contributed by atoms with E-state index >= 15 is 0 Å². The second-order valence-electron chi connectivity index (χ2n) is 2.24. The van der Waals surface area contributed by atoms with E-state index in [1.807, 2.05) is 0 Å². The van der Waals surface area contributed by atoms with Gasteiger partial charge in [-0.3, -0.25) is 0 Å². The predicted molar refractivity (Wildman–Crippen MR) is 42.5 cm³/mol. The fraction of sp³-hybridized carbons (Fsp3) is 0.250. The molecule has 0 fully saturated rings. The maximum atomic E-state index is 10.6. The minimum Gasteiger partial charge on any atom is -0.495 e. The molecule has 1 rings (SSSR count). The van der Waals surface area contributed by atoms with Gasteiger partial charge in [-0.05, 0) is 18.6 Å². The van der Waals surface area contributed by atoms with Gasteiger partial charge in [0.15, 0.2) is 5.69 Å². The van der Waals surface area contributed by atoms with Crippen LogP contribution in [0, 0.1) is 6.92 Å². The van der Waals surface area contributed by atoms with Gasteiger partial charge in [-0.25, -0.2) is 9.78 Å². The van der Waals surface area contributed by atoms with Crippen LogP contribution in [0.4, 0.5) is 0 Å². The van der Waals surface area contributed by atoms with Crippen molar-refractivity contribution >= 4 is 5.97 Å². The van der Waals surface area contributed by atoms with Gasteiger partial charge in [0.2, 0.25) is 0 Å². The third-order valence-corrected chi connectivity index (χ3v) is 1.37. The Morgan fingerprint density at radius 1 is 1.83 bits per heavy atom. The molecule has 4 heteroatoms. The molecule has 0 saturated heterocycles. The summed E-state index contributed by atoms with van der Waals surface area (Å²) in [4.78, 5) is 14.2. The average molecular weight is 170 g/mol. The number of aryl methyl sites for hydroxylation is 1. The van der Waals surface area contributed by atoms with Crippen LogP contribution >= 0.6 is 0 Å². The Hall–Kier alpha value is -1.58. The largest absolute Gasteiger partial charge is 0.495 e. The molecule has 0 amide bonds. The molecule has 0 unspecified atom stereocenters. The van der Waals surface area contributed by atoms with Gasteiger partial charge < -0.3 is 9.84 Å². The number of carbonyl (C=O) groups is 1. The monoisotopic (exact) mass is 170 g/mol. The first-order valence-electron chi connectivity index (χ1n) is 4.68. The lowest BCUT2D eigenvalue weighted by Crippen LogP contribution is -2.03. The van der Waals surface area contributed by atoms with Gasteiger partial charge >= 0.3 is 5.97 Å². The fourth-order valence-electron chi connectivity index (χ4n) is 0.829.